The minimum Gasteiger partial charge on any atom is -0.377 e. The second-order valence-electron chi connectivity index (χ2n) is 7.20. The minimum atomic E-state index is 0. The van der Waals surface area contributed by atoms with Crippen molar-refractivity contribution < 1.29 is 9.47 Å². The molecule has 1 unspecified atom stereocenters. The number of nitrogens with zero attached hydrogens (tertiary/aromatic N) is 2. The first-order valence-corrected chi connectivity index (χ1v) is 10.6. The topological polar surface area (TPSA) is 46.1 Å². The predicted octanol–water partition coefficient (Wildman–Crippen LogP) is 3.13. The van der Waals surface area contributed by atoms with Gasteiger partial charge in [-0.1, -0.05) is 19.3 Å². The molecule has 0 aromatic carbocycles. The lowest BCUT2D eigenvalue weighted by atomic mass is 9.87. The first kappa shape index (κ1) is 21.6. The summed E-state index contributed by atoms with van der Waals surface area (Å²) in [4.78, 5) is 6.97. The number of nitrogens with one attached hydrogen (secondary N) is 1. The molecule has 2 saturated heterocycles. The van der Waals surface area contributed by atoms with Crippen molar-refractivity contribution in [2.45, 2.75) is 55.8 Å². The van der Waals surface area contributed by atoms with E-state index in [4.69, 9.17) is 9.47 Å². The zero-order valence-electron chi connectivity index (χ0n) is 15.5. The molecule has 1 aliphatic carbocycles. The average molecular weight is 483 g/mol. The Balaban J connectivity index is 0.00000225. The molecular formula is C18H34IN3O2S. The monoisotopic (exact) mass is 483 g/mol. The molecule has 2 aliphatic heterocycles. The van der Waals surface area contributed by atoms with E-state index in [1.54, 1.807) is 0 Å². The molecule has 1 N–H and O–H groups in total. The summed E-state index contributed by atoms with van der Waals surface area (Å²) in [6.07, 6.45) is 9.57. The second kappa shape index (κ2) is 11.2. The van der Waals surface area contributed by atoms with Crippen molar-refractivity contribution in [3.8, 4) is 0 Å². The van der Waals surface area contributed by atoms with Gasteiger partial charge in [0.2, 0.25) is 0 Å². The maximum Gasteiger partial charge on any atom is 0.193 e. The lowest BCUT2D eigenvalue weighted by molar-refractivity contribution is 0.0190. The lowest BCUT2D eigenvalue weighted by Gasteiger charge is -2.45. The van der Waals surface area contributed by atoms with E-state index in [0.29, 0.717) is 17.5 Å². The molecular weight excluding hydrogens is 449 g/mol. The average Bonchev–Trinajstić information content (AvgIpc) is 3.12. The van der Waals surface area contributed by atoms with Crippen molar-refractivity contribution in [1.29, 1.82) is 0 Å². The van der Waals surface area contributed by atoms with Crippen LogP contribution < -0.4 is 5.32 Å². The van der Waals surface area contributed by atoms with Gasteiger partial charge < -0.3 is 19.7 Å². The van der Waals surface area contributed by atoms with Crippen LogP contribution in [0, 0.1) is 0 Å². The van der Waals surface area contributed by atoms with Gasteiger partial charge in [-0.05, 0) is 25.7 Å². The summed E-state index contributed by atoms with van der Waals surface area (Å²) in [6.45, 7) is 5.40. The van der Waals surface area contributed by atoms with Crippen LogP contribution in [0.25, 0.3) is 0 Å². The largest absolute Gasteiger partial charge is 0.377 e. The predicted molar refractivity (Wildman–Crippen MR) is 116 cm³/mol. The van der Waals surface area contributed by atoms with Crippen LogP contribution in [0.15, 0.2) is 4.99 Å². The maximum absolute atomic E-state index is 5.74. The quantitative estimate of drug-likeness (QED) is 0.282. The van der Waals surface area contributed by atoms with Crippen molar-refractivity contribution in [3.05, 3.63) is 0 Å². The van der Waals surface area contributed by atoms with Gasteiger partial charge in [0.1, 0.15) is 0 Å². The number of aliphatic imine (C=N–C) groups is 1. The molecule has 1 atom stereocenters. The van der Waals surface area contributed by atoms with Crippen LogP contribution in [0.5, 0.6) is 0 Å². The number of halogens is 1. The highest BCUT2D eigenvalue weighted by Gasteiger charge is 2.38. The van der Waals surface area contributed by atoms with Crippen molar-refractivity contribution >= 4 is 41.7 Å². The zero-order valence-corrected chi connectivity index (χ0v) is 18.7. The molecule has 0 bridgehead atoms. The van der Waals surface area contributed by atoms with Gasteiger partial charge in [0.05, 0.1) is 19.3 Å². The van der Waals surface area contributed by atoms with E-state index < -0.39 is 0 Å². The Kier molecular flexibility index (Phi) is 9.65. The van der Waals surface area contributed by atoms with E-state index >= 15 is 0 Å². The normalized spacial score (nSPS) is 26.5. The van der Waals surface area contributed by atoms with E-state index in [0.717, 1.165) is 45.2 Å². The van der Waals surface area contributed by atoms with E-state index in [1.165, 1.54) is 44.3 Å². The molecule has 5 nitrogen and oxygen atoms in total. The standard InChI is InChI=1S/C18H33N3O2S.HI/c1-19-17(20-9-12-22-14-16-6-5-11-23-16)21-10-13-24-18(15-21)7-3-2-4-8-18;/h16H,2-15H2,1H3,(H,19,20);1H. The summed E-state index contributed by atoms with van der Waals surface area (Å²) >= 11 is 2.20. The van der Waals surface area contributed by atoms with Crippen molar-refractivity contribution in [3.63, 3.8) is 0 Å². The van der Waals surface area contributed by atoms with E-state index in [-0.39, 0.29) is 24.0 Å². The molecule has 3 fully saturated rings. The van der Waals surface area contributed by atoms with Gasteiger partial charge in [-0.3, -0.25) is 4.99 Å². The number of hydrogen-bond acceptors (Lipinski definition) is 4. The molecule has 3 aliphatic rings. The summed E-state index contributed by atoms with van der Waals surface area (Å²) in [7, 11) is 1.89. The van der Waals surface area contributed by atoms with Gasteiger partial charge in [-0.25, -0.2) is 0 Å². The van der Waals surface area contributed by atoms with Crippen LogP contribution in [0.4, 0.5) is 0 Å². The Labute approximate surface area is 174 Å². The fourth-order valence-corrected chi connectivity index (χ4v) is 5.65. The third-order valence-electron chi connectivity index (χ3n) is 5.38. The molecule has 3 rings (SSSR count). The Morgan fingerprint density at radius 2 is 2.16 bits per heavy atom. The van der Waals surface area contributed by atoms with Gasteiger partial charge in [-0.15, -0.1) is 24.0 Å². The Morgan fingerprint density at radius 1 is 1.32 bits per heavy atom. The number of ether oxygens (including phenoxy) is 2. The van der Waals surface area contributed by atoms with E-state index in [1.807, 2.05) is 7.05 Å². The molecule has 7 heteroatoms. The first-order valence-electron chi connectivity index (χ1n) is 9.60. The summed E-state index contributed by atoms with van der Waals surface area (Å²) in [5.41, 5.74) is 0. The van der Waals surface area contributed by atoms with Gasteiger partial charge in [0.25, 0.3) is 0 Å². The molecule has 0 aromatic rings. The maximum atomic E-state index is 5.74. The van der Waals surface area contributed by atoms with Gasteiger partial charge in [-0.2, -0.15) is 11.8 Å². The molecule has 0 radical (unpaired) electrons. The van der Waals surface area contributed by atoms with Crippen molar-refractivity contribution in [2.75, 3.05) is 52.3 Å². The molecule has 2 heterocycles. The summed E-state index contributed by atoms with van der Waals surface area (Å²) < 4.78 is 11.8. The molecule has 0 aromatic heterocycles. The smallest absolute Gasteiger partial charge is 0.193 e. The number of guanidine groups is 1. The molecule has 0 amide bonds. The van der Waals surface area contributed by atoms with Crippen LogP contribution in [-0.2, 0) is 9.47 Å². The molecule has 1 spiro atoms. The Morgan fingerprint density at radius 3 is 2.88 bits per heavy atom. The first-order chi connectivity index (χ1) is 11.8. The third-order valence-corrected chi connectivity index (χ3v) is 6.92. The highest BCUT2D eigenvalue weighted by molar-refractivity contribution is 14.0. The number of hydrogen-bond donors (Lipinski definition) is 1. The number of rotatable bonds is 5. The molecule has 1 saturated carbocycles. The van der Waals surface area contributed by atoms with Crippen molar-refractivity contribution in [1.82, 2.24) is 10.2 Å². The highest BCUT2D eigenvalue weighted by Crippen LogP contribution is 2.42. The second-order valence-corrected chi connectivity index (χ2v) is 8.76. The Hall–Kier alpha value is 0.270. The number of thioether (sulfide) groups is 1. The SMILES string of the molecule is CN=C(NCCOCC1CCCO1)N1CCSC2(CCCCC2)C1.I. The van der Waals surface area contributed by atoms with E-state index in [2.05, 4.69) is 27.0 Å². The van der Waals surface area contributed by atoms with Crippen LogP contribution in [0.2, 0.25) is 0 Å². The fraction of sp³-hybridized carbons (Fsp3) is 0.944. The molecule has 25 heavy (non-hydrogen) atoms. The minimum absolute atomic E-state index is 0. The Bertz CT molecular complexity index is 408. The van der Waals surface area contributed by atoms with Gasteiger partial charge >= 0.3 is 0 Å². The third kappa shape index (κ3) is 6.43. The van der Waals surface area contributed by atoms with Crippen molar-refractivity contribution in [2.24, 2.45) is 4.99 Å². The van der Waals surface area contributed by atoms with Crippen LogP contribution >= 0.6 is 35.7 Å². The lowest BCUT2D eigenvalue weighted by Crippen LogP contribution is -2.53. The van der Waals surface area contributed by atoms with Crippen LogP contribution in [0.3, 0.4) is 0 Å². The van der Waals surface area contributed by atoms with Crippen LogP contribution in [-0.4, -0.2) is 74.0 Å². The van der Waals surface area contributed by atoms with Gasteiger partial charge in [0.15, 0.2) is 5.96 Å². The van der Waals surface area contributed by atoms with Crippen LogP contribution in [0.1, 0.15) is 44.9 Å². The summed E-state index contributed by atoms with van der Waals surface area (Å²) in [6, 6.07) is 0. The van der Waals surface area contributed by atoms with E-state index in [9.17, 15) is 0 Å². The zero-order chi connectivity index (χ0) is 16.7. The van der Waals surface area contributed by atoms with Gasteiger partial charge in [0, 0.05) is 43.8 Å². The molecule has 146 valence electrons. The summed E-state index contributed by atoms with van der Waals surface area (Å²) in [5.74, 6) is 2.26. The summed E-state index contributed by atoms with van der Waals surface area (Å²) in [5, 5.41) is 3.49. The fourth-order valence-electron chi connectivity index (χ4n) is 4.08. The highest BCUT2D eigenvalue weighted by atomic mass is 127.